The summed E-state index contributed by atoms with van der Waals surface area (Å²) in [6.07, 6.45) is 0. The molecule has 67 valence electrons. The summed E-state index contributed by atoms with van der Waals surface area (Å²) in [4.78, 5) is 19.3. The highest BCUT2D eigenvalue weighted by molar-refractivity contribution is 5.47. The Morgan fingerprint density at radius 1 is 1.31 bits per heavy atom. The molecule has 1 aromatic carbocycles. The van der Waals surface area contributed by atoms with Crippen molar-refractivity contribution in [2.75, 3.05) is 0 Å². The molecule has 6 heteroatoms. The van der Waals surface area contributed by atoms with E-state index in [1.807, 2.05) is 0 Å². The average Bonchev–Trinajstić information content (AvgIpc) is 2.04. The molecular weight excluding hydrogens is 176 g/mol. The fraction of sp³-hybridized carbons (Fsp3) is 0.143. The molecule has 0 aromatic heterocycles. The number of hydrogen-bond acceptors (Lipinski definition) is 4. The third-order valence-electron chi connectivity index (χ3n) is 1.51. The lowest BCUT2D eigenvalue weighted by Crippen LogP contribution is -1.94. The maximum atomic E-state index is 10.4. The Bertz CT molecular complexity index is 375. The van der Waals surface area contributed by atoms with Gasteiger partial charge in [-0.3, -0.25) is 20.2 Å². The van der Waals surface area contributed by atoms with E-state index in [-0.39, 0.29) is 16.9 Å². The van der Waals surface area contributed by atoms with Gasteiger partial charge in [0.25, 0.3) is 11.4 Å². The molecule has 1 radical (unpaired) electrons. The van der Waals surface area contributed by atoms with Crippen LogP contribution >= 0.6 is 0 Å². The van der Waals surface area contributed by atoms with Gasteiger partial charge < -0.3 is 0 Å². The number of nitro groups is 2. The Balaban J connectivity index is 3.27. The minimum atomic E-state index is -0.692. The third-order valence-corrected chi connectivity index (χ3v) is 1.51. The van der Waals surface area contributed by atoms with E-state index in [1.54, 1.807) is 0 Å². The number of hydrogen-bond donors (Lipinski definition) is 0. The normalized spacial score (nSPS) is 9.62. The Morgan fingerprint density at radius 3 is 2.38 bits per heavy atom. The summed E-state index contributed by atoms with van der Waals surface area (Å²) in [7, 11) is 0. The van der Waals surface area contributed by atoms with Crippen LogP contribution in [-0.2, 0) is 0 Å². The van der Waals surface area contributed by atoms with Crippen molar-refractivity contribution in [3.05, 3.63) is 44.0 Å². The number of rotatable bonds is 2. The zero-order valence-electron chi connectivity index (χ0n) is 6.68. The number of aryl methyl sites for hydroxylation is 1. The van der Waals surface area contributed by atoms with Crippen LogP contribution in [0.5, 0.6) is 0 Å². The third kappa shape index (κ3) is 1.78. The number of non-ortho nitro benzene ring substituents is 1. The number of benzene rings is 1. The molecule has 0 bridgehead atoms. The van der Waals surface area contributed by atoms with Gasteiger partial charge in [0, 0.05) is 11.6 Å². The summed E-state index contributed by atoms with van der Waals surface area (Å²) in [5.74, 6) is 0. The second-order valence-electron chi connectivity index (χ2n) is 2.38. The van der Waals surface area contributed by atoms with Gasteiger partial charge >= 0.3 is 0 Å². The lowest BCUT2D eigenvalue weighted by Gasteiger charge is -1.95. The molecule has 0 aliphatic carbocycles. The molecule has 6 nitrogen and oxygen atoms in total. The fourth-order valence-corrected chi connectivity index (χ4v) is 0.841. The first kappa shape index (κ1) is 9.11. The Labute approximate surface area is 73.1 Å². The van der Waals surface area contributed by atoms with Gasteiger partial charge in [0.1, 0.15) is 0 Å². The molecule has 13 heavy (non-hydrogen) atoms. The van der Waals surface area contributed by atoms with Gasteiger partial charge in [0.2, 0.25) is 0 Å². The highest BCUT2D eigenvalue weighted by Gasteiger charge is 2.16. The predicted molar refractivity (Wildman–Crippen MR) is 43.3 cm³/mol. The first-order valence-corrected chi connectivity index (χ1v) is 3.33. The van der Waals surface area contributed by atoms with Gasteiger partial charge in [0.15, 0.2) is 0 Å². The number of nitro benzene ring substituents is 2. The van der Waals surface area contributed by atoms with Crippen LogP contribution in [0.15, 0.2) is 12.1 Å². The minimum Gasteiger partial charge on any atom is -0.258 e. The van der Waals surface area contributed by atoms with Crippen molar-refractivity contribution in [1.29, 1.82) is 0 Å². The van der Waals surface area contributed by atoms with Crippen LogP contribution in [0.3, 0.4) is 0 Å². The Hall–Kier alpha value is -1.98. The number of nitrogens with zero attached hydrogens (tertiary/aromatic N) is 2. The predicted octanol–water partition coefficient (Wildman–Crippen LogP) is 1.61. The quantitative estimate of drug-likeness (QED) is 0.512. The largest absolute Gasteiger partial charge is 0.279 e. The Kier molecular flexibility index (Phi) is 2.23. The lowest BCUT2D eigenvalue weighted by molar-refractivity contribution is -0.394. The second-order valence-corrected chi connectivity index (χ2v) is 2.38. The van der Waals surface area contributed by atoms with Gasteiger partial charge in [-0.1, -0.05) is 0 Å². The highest BCUT2D eigenvalue weighted by Crippen LogP contribution is 2.22. The van der Waals surface area contributed by atoms with E-state index in [0.717, 1.165) is 12.1 Å². The summed E-state index contributed by atoms with van der Waals surface area (Å²) in [6.45, 7) is 1.47. The molecule has 0 saturated carbocycles. The molecule has 0 aliphatic heterocycles. The van der Waals surface area contributed by atoms with Crippen molar-refractivity contribution >= 4 is 11.4 Å². The van der Waals surface area contributed by atoms with Crippen LogP contribution < -0.4 is 0 Å². The second kappa shape index (κ2) is 3.18. The Morgan fingerprint density at radius 2 is 1.92 bits per heavy atom. The summed E-state index contributed by atoms with van der Waals surface area (Å²) in [5, 5.41) is 20.6. The smallest absolute Gasteiger partial charge is 0.258 e. The van der Waals surface area contributed by atoms with Gasteiger partial charge in [-0.2, -0.15) is 0 Å². The van der Waals surface area contributed by atoms with E-state index >= 15 is 0 Å². The van der Waals surface area contributed by atoms with Crippen molar-refractivity contribution in [2.45, 2.75) is 6.92 Å². The SMILES string of the molecule is Cc1[c]cc([N+](=O)[O-])cc1[N+](=O)[O-]. The van der Waals surface area contributed by atoms with E-state index in [2.05, 4.69) is 6.07 Å². The first-order chi connectivity index (χ1) is 6.02. The molecule has 0 N–H and O–H groups in total. The van der Waals surface area contributed by atoms with E-state index in [1.165, 1.54) is 6.92 Å². The molecule has 0 spiro atoms. The van der Waals surface area contributed by atoms with Crippen molar-refractivity contribution < 1.29 is 9.85 Å². The monoisotopic (exact) mass is 181 g/mol. The van der Waals surface area contributed by atoms with Gasteiger partial charge in [-0.15, -0.1) is 0 Å². The van der Waals surface area contributed by atoms with Crippen molar-refractivity contribution in [2.24, 2.45) is 0 Å². The molecule has 1 aromatic rings. The van der Waals surface area contributed by atoms with Gasteiger partial charge in [0.05, 0.1) is 15.9 Å². The molecule has 1 rings (SSSR count). The van der Waals surface area contributed by atoms with Crippen LogP contribution in [-0.4, -0.2) is 9.85 Å². The van der Waals surface area contributed by atoms with Crippen molar-refractivity contribution in [1.82, 2.24) is 0 Å². The van der Waals surface area contributed by atoms with Crippen molar-refractivity contribution in [3.63, 3.8) is 0 Å². The maximum Gasteiger partial charge on any atom is 0.279 e. The van der Waals surface area contributed by atoms with Crippen LogP contribution in [0.25, 0.3) is 0 Å². The zero-order valence-corrected chi connectivity index (χ0v) is 6.68. The minimum absolute atomic E-state index is 0.283. The molecule has 0 aliphatic rings. The highest BCUT2D eigenvalue weighted by atomic mass is 16.6. The summed E-state index contributed by atoms with van der Waals surface area (Å²) >= 11 is 0. The lowest BCUT2D eigenvalue weighted by atomic mass is 10.2. The summed E-state index contributed by atoms with van der Waals surface area (Å²) in [6, 6.07) is 4.48. The topological polar surface area (TPSA) is 86.3 Å². The summed E-state index contributed by atoms with van der Waals surface area (Å²) < 4.78 is 0. The molecular formula is C7H5N2O4. The molecule has 0 unspecified atom stereocenters. The van der Waals surface area contributed by atoms with Crippen molar-refractivity contribution in [3.8, 4) is 0 Å². The molecule has 0 saturated heterocycles. The zero-order chi connectivity index (χ0) is 10.0. The molecule has 0 atom stereocenters. The van der Waals surface area contributed by atoms with Crippen LogP contribution in [0.4, 0.5) is 11.4 Å². The first-order valence-electron chi connectivity index (χ1n) is 3.33. The fourth-order valence-electron chi connectivity index (χ4n) is 0.841. The maximum absolute atomic E-state index is 10.4. The van der Waals surface area contributed by atoms with Crippen LogP contribution in [0.1, 0.15) is 5.56 Å². The molecule has 0 fully saturated rings. The van der Waals surface area contributed by atoms with Crippen LogP contribution in [0.2, 0.25) is 0 Å². The standard InChI is InChI=1S/C7H5N2O4/c1-5-2-3-6(8(10)11)4-7(5)9(12)13/h3-4H,1H3. The van der Waals surface area contributed by atoms with Gasteiger partial charge in [-0.05, 0) is 13.0 Å². The molecule has 0 heterocycles. The van der Waals surface area contributed by atoms with E-state index in [9.17, 15) is 20.2 Å². The van der Waals surface area contributed by atoms with E-state index < -0.39 is 9.85 Å². The average molecular weight is 181 g/mol. The van der Waals surface area contributed by atoms with E-state index in [4.69, 9.17) is 0 Å². The van der Waals surface area contributed by atoms with Crippen LogP contribution in [0, 0.1) is 33.2 Å². The molecule has 0 amide bonds. The summed E-state index contributed by atoms with van der Waals surface area (Å²) in [5.41, 5.74) is -0.317. The van der Waals surface area contributed by atoms with E-state index in [0.29, 0.717) is 0 Å². The van der Waals surface area contributed by atoms with Gasteiger partial charge in [-0.25, -0.2) is 0 Å².